The van der Waals surface area contributed by atoms with Crippen LogP contribution in [0.1, 0.15) is 47.5 Å². The first kappa shape index (κ1) is 18.3. The minimum Gasteiger partial charge on any atom is -0.464 e. The Hall–Kier alpha value is -2.08. The third kappa shape index (κ3) is 4.26. The lowest BCUT2D eigenvalue weighted by Gasteiger charge is -2.16. The van der Waals surface area contributed by atoms with Gasteiger partial charge in [0.15, 0.2) is 0 Å². The Morgan fingerprint density at radius 1 is 1.25 bits per heavy atom. The average molecular weight is 348 g/mol. The summed E-state index contributed by atoms with van der Waals surface area (Å²) in [6.07, 6.45) is 0. The summed E-state index contributed by atoms with van der Waals surface area (Å²) in [6, 6.07) is 5.59. The molecule has 0 aromatic carbocycles. The van der Waals surface area contributed by atoms with Crippen molar-refractivity contribution < 1.29 is 14.0 Å². The van der Waals surface area contributed by atoms with Crippen LogP contribution < -0.4 is 5.32 Å². The van der Waals surface area contributed by atoms with Crippen molar-refractivity contribution >= 4 is 28.2 Å². The van der Waals surface area contributed by atoms with E-state index in [0.717, 1.165) is 17.1 Å². The van der Waals surface area contributed by atoms with E-state index in [0.29, 0.717) is 16.4 Å². The van der Waals surface area contributed by atoms with Gasteiger partial charge in [-0.15, -0.1) is 11.3 Å². The molecule has 2 aromatic rings. The molecule has 0 saturated carbocycles. The van der Waals surface area contributed by atoms with Gasteiger partial charge in [-0.05, 0) is 37.6 Å². The van der Waals surface area contributed by atoms with E-state index < -0.39 is 5.41 Å². The molecule has 1 N–H and O–H groups in total. The van der Waals surface area contributed by atoms with Crippen molar-refractivity contribution in [2.45, 2.75) is 41.2 Å². The number of hydrogen-bond donors (Lipinski definition) is 1. The number of furan rings is 1. The van der Waals surface area contributed by atoms with Crippen molar-refractivity contribution in [3.63, 3.8) is 0 Å². The summed E-state index contributed by atoms with van der Waals surface area (Å²) in [5.74, 6) is 1.43. The third-order valence-electron chi connectivity index (χ3n) is 3.57. The maximum absolute atomic E-state index is 12.7. The van der Waals surface area contributed by atoms with Crippen LogP contribution in [0.25, 0.3) is 0 Å². The molecule has 24 heavy (non-hydrogen) atoms. The van der Waals surface area contributed by atoms with Gasteiger partial charge in [0.2, 0.25) is 5.91 Å². The zero-order valence-corrected chi connectivity index (χ0v) is 15.8. The molecular weight excluding hydrogens is 324 g/mol. The standard InChI is InChI=1S/C18H24N2O3S/c1-11-9-14(19-17(22)18(3,4)5)24-15(11)16(21)20(6)10-13-8-7-12(2)23-13/h7-9H,10H2,1-6H3,(H,19,22). The summed E-state index contributed by atoms with van der Waals surface area (Å²) in [6.45, 7) is 9.73. The number of amides is 2. The molecule has 5 nitrogen and oxygen atoms in total. The van der Waals surface area contributed by atoms with Crippen molar-refractivity contribution in [2.24, 2.45) is 5.41 Å². The Morgan fingerprint density at radius 3 is 2.46 bits per heavy atom. The number of thiophene rings is 1. The number of anilines is 1. The molecule has 0 bridgehead atoms. The first-order valence-corrected chi connectivity index (χ1v) is 8.62. The lowest BCUT2D eigenvalue weighted by molar-refractivity contribution is -0.123. The fourth-order valence-corrected chi connectivity index (χ4v) is 3.17. The van der Waals surface area contributed by atoms with Gasteiger partial charge in [0.25, 0.3) is 5.91 Å². The third-order valence-corrected chi connectivity index (χ3v) is 4.71. The van der Waals surface area contributed by atoms with E-state index >= 15 is 0 Å². The first-order valence-electron chi connectivity index (χ1n) is 7.80. The summed E-state index contributed by atoms with van der Waals surface area (Å²) >= 11 is 1.30. The van der Waals surface area contributed by atoms with Crippen molar-refractivity contribution in [3.8, 4) is 0 Å². The average Bonchev–Trinajstić information content (AvgIpc) is 3.03. The van der Waals surface area contributed by atoms with Gasteiger partial charge in [0, 0.05) is 12.5 Å². The normalized spacial score (nSPS) is 11.4. The summed E-state index contributed by atoms with van der Waals surface area (Å²) in [5, 5.41) is 3.57. The summed E-state index contributed by atoms with van der Waals surface area (Å²) < 4.78 is 5.52. The molecule has 0 unspecified atom stereocenters. The van der Waals surface area contributed by atoms with Gasteiger partial charge in [-0.2, -0.15) is 0 Å². The van der Waals surface area contributed by atoms with Gasteiger partial charge < -0.3 is 14.6 Å². The highest BCUT2D eigenvalue weighted by Gasteiger charge is 2.24. The number of hydrogen-bond acceptors (Lipinski definition) is 4. The van der Waals surface area contributed by atoms with Crippen LogP contribution in [-0.2, 0) is 11.3 Å². The van der Waals surface area contributed by atoms with E-state index in [1.165, 1.54) is 11.3 Å². The van der Waals surface area contributed by atoms with Crippen LogP contribution in [0.5, 0.6) is 0 Å². The Balaban J connectivity index is 2.11. The molecule has 0 aliphatic heterocycles. The number of carbonyl (C=O) groups excluding carboxylic acids is 2. The minimum absolute atomic E-state index is 0.0674. The first-order chi connectivity index (χ1) is 11.1. The fraction of sp³-hybridized carbons (Fsp3) is 0.444. The minimum atomic E-state index is -0.476. The smallest absolute Gasteiger partial charge is 0.264 e. The number of carbonyl (C=O) groups is 2. The van der Waals surface area contributed by atoms with Crippen LogP contribution in [0.4, 0.5) is 5.00 Å². The van der Waals surface area contributed by atoms with Gasteiger partial charge in [-0.25, -0.2) is 0 Å². The van der Waals surface area contributed by atoms with E-state index in [-0.39, 0.29) is 11.8 Å². The van der Waals surface area contributed by atoms with Gasteiger partial charge >= 0.3 is 0 Å². The monoisotopic (exact) mass is 348 g/mol. The van der Waals surface area contributed by atoms with E-state index in [1.807, 2.05) is 52.8 Å². The summed E-state index contributed by atoms with van der Waals surface area (Å²) in [5.41, 5.74) is 0.382. The Labute approximate surface area is 146 Å². The van der Waals surface area contributed by atoms with Crippen molar-refractivity contribution in [3.05, 3.63) is 40.2 Å². The Bertz CT molecular complexity index is 753. The van der Waals surface area contributed by atoms with Crippen LogP contribution in [0.15, 0.2) is 22.6 Å². The molecule has 2 heterocycles. The van der Waals surface area contributed by atoms with Crippen LogP contribution in [0.3, 0.4) is 0 Å². The van der Waals surface area contributed by atoms with Crippen LogP contribution in [0, 0.1) is 19.3 Å². The topological polar surface area (TPSA) is 62.6 Å². The van der Waals surface area contributed by atoms with Crippen molar-refractivity contribution in [1.29, 1.82) is 0 Å². The maximum atomic E-state index is 12.7. The molecule has 0 aliphatic rings. The number of nitrogens with zero attached hydrogens (tertiary/aromatic N) is 1. The lowest BCUT2D eigenvalue weighted by Crippen LogP contribution is -2.27. The van der Waals surface area contributed by atoms with Gasteiger partial charge in [0.1, 0.15) is 11.5 Å². The Kier molecular flexibility index (Phi) is 5.18. The molecule has 0 radical (unpaired) electrons. The molecule has 0 aliphatic carbocycles. The molecule has 2 rings (SSSR count). The SMILES string of the molecule is Cc1ccc(CN(C)C(=O)c2sc(NC(=O)C(C)(C)C)cc2C)o1. The molecule has 130 valence electrons. The fourth-order valence-electron chi connectivity index (χ4n) is 2.10. The number of nitrogens with one attached hydrogen (secondary N) is 1. The molecule has 2 amide bonds. The second kappa shape index (κ2) is 6.81. The predicted octanol–water partition coefficient (Wildman–Crippen LogP) is 4.21. The van der Waals surface area contributed by atoms with Crippen LogP contribution >= 0.6 is 11.3 Å². The molecule has 0 atom stereocenters. The van der Waals surface area contributed by atoms with Gasteiger partial charge in [-0.1, -0.05) is 20.8 Å². The molecular formula is C18H24N2O3S. The summed E-state index contributed by atoms with van der Waals surface area (Å²) in [4.78, 5) is 27.0. The van der Waals surface area contributed by atoms with Gasteiger partial charge in [0.05, 0.1) is 16.4 Å². The lowest BCUT2D eigenvalue weighted by atomic mass is 9.96. The molecule has 0 saturated heterocycles. The quantitative estimate of drug-likeness (QED) is 0.900. The predicted molar refractivity (Wildman–Crippen MR) is 96.4 cm³/mol. The van der Waals surface area contributed by atoms with E-state index in [2.05, 4.69) is 5.32 Å². The van der Waals surface area contributed by atoms with Crippen LogP contribution in [-0.4, -0.2) is 23.8 Å². The number of aryl methyl sites for hydroxylation is 2. The van der Waals surface area contributed by atoms with Gasteiger partial charge in [-0.3, -0.25) is 9.59 Å². The highest BCUT2D eigenvalue weighted by molar-refractivity contribution is 7.18. The van der Waals surface area contributed by atoms with Crippen molar-refractivity contribution in [2.75, 3.05) is 12.4 Å². The molecule has 2 aromatic heterocycles. The highest BCUT2D eigenvalue weighted by Crippen LogP contribution is 2.29. The summed E-state index contributed by atoms with van der Waals surface area (Å²) in [7, 11) is 1.74. The molecule has 0 spiro atoms. The maximum Gasteiger partial charge on any atom is 0.264 e. The molecule has 0 fully saturated rings. The highest BCUT2D eigenvalue weighted by atomic mass is 32.1. The zero-order chi connectivity index (χ0) is 18.1. The van der Waals surface area contributed by atoms with Crippen LogP contribution in [0.2, 0.25) is 0 Å². The van der Waals surface area contributed by atoms with Crippen molar-refractivity contribution in [1.82, 2.24) is 4.90 Å². The zero-order valence-electron chi connectivity index (χ0n) is 15.0. The Morgan fingerprint density at radius 2 is 1.92 bits per heavy atom. The number of rotatable bonds is 4. The molecule has 6 heteroatoms. The second-order valence-corrected chi connectivity index (χ2v) is 8.05. The van der Waals surface area contributed by atoms with E-state index in [4.69, 9.17) is 4.42 Å². The van der Waals surface area contributed by atoms with E-state index in [9.17, 15) is 9.59 Å². The second-order valence-electron chi connectivity index (χ2n) is 7.00. The van der Waals surface area contributed by atoms with E-state index in [1.54, 1.807) is 11.9 Å². The largest absolute Gasteiger partial charge is 0.464 e.